The number of nitrogens with one attached hydrogen (secondary N) is 1. The van der Waals surface area contributed by atoms with Crippen LogP contribution in [0.1, 0.15) is 107 Å². The summed E-state index contributed by atoms with van der Waals surface area (Å²) in [7, 11) is 0. The molecule has 0 aromatic heterocycles. The number of hydrogen-bond acceptors (Lipinski definition) is 9. The van der Waals surface area contributed by atoms with Crippen molar-refractivity contribution in [2.75, 3.05) is 32.8 Å². The molecule has 3 N–H and O–H groups in total. The zero-order valence-corrected chi connectivity index (χ0v) is 30.9. The molecule has 5 aliphatic carbocycles. The fraction of sp³-hybridized carbons (Fsp3) is 0.974. The summed E-state index contributed by atoms with van der Waals surface area (Å²) in [6, 6.07) is 0.619. The molecule has 3 saturated heterocycles. The van der Waals surface area contributed by atoms with Crippen LogP contribution in [0.4, 0.5) is 0 Å². The second-order valence-electron chi connectivity index (χ2n) is 19.5. The summed E-state index contributed by atoms with van der Waals surface area (Å²) in [5.41, 5.74) is -0.903. The molecule has 0 amide bonds. The van der Waals surface area contributed by atoms with Gasteiger partial charge in [0, 0.05) is 44.6 Å². The molecule has 8 rings (SSSR count). The Labute approximate surface area is 288 Å². The number of ether oxygens (including phenoxy) is 4. The number of fused-ring (bicyclic) bond motifs is 4. The molecule has 48 heavy (non-hydrogen) atoms. The molecule has 8 aliphatic rings. The standard InChI is InChI=1S/C39H64N2O7/c1-22-17-25(33(35(5,6)44)46-23(2)42)47-31-30(22)36(7)13-14-39-21-38(39)12-11-28(48-29-20-41(15-16-45-29)24-18-40-19-24)34(3,4)26(38)9-10-27(39)37(36,8)32(31)43/h22,24-33,40,43-44H,9-21H2,1-8H3/t22-,25?,26+,27?,28?,29+,30+,31?,32+,33+,36-,37-,38-,39+/m1/s1. The van der Waals surface area contributed by atoms with Crippen molar-refractivity contribution in [1.82, 2.24) is 10.2 Å². The number of nitrogens with zero attached hydrogens (tertiary/aromatic N) is 1. The maximum atomic E-state index is 12.6. The molecular weight excluding hydrogens is 608 g/mol. The van der Waals surface area contributed by atoms with E-state index in [9.17, 15) is 15.0 Å². The van der Waals surface area contributed by atoms with Gasteiger partial charge in [-0.25, -0.2) is 0 Å². The van der Waals surface area contributed by atoms with Crippen molar-refractivity contribution in [2.45, 2.75) is 155 Å². The summed E-state index contributed by atoms with van der Waals surface area (Å²) < 4.78 is 25.7. The average Bonchev–Trinajstić information content (AvgIpc) is 3.61. The highest BCUT2D eigenvalue weighted by Gasteiger charge is 2.84. The highest BCUT2D eigenvalue weighted by Crippen LogP contribution is 2.89. The van der Waals surface area contributed by atoms with E-state index in [1.807, 2.05) is 0 Å². The zero-order chi connectivity index (χ0) is 34.2. The first-order valence-corrected chi connectivity index (χ1v) is 19.4. The van der Waals surface area contributed by atoms with Crippen LogP contribution < -0.4 is 5.32 Å². The van der Waals surface area contributed by atoms with Crippen LogP contribution in [0.2, 0.25) is 0 Å². The van der Waals surface area contributed by atoms with Gasteiger partial charge in [-0.1, -0.05) is 34.6 Å². The van der Waals surface area contributed by atoms with E-state index in [0.29, 0.717) is 29.7 Å². The van der Waals surface area contributed by atoms with Gasteiger partial charge in [0.25, 0.3) is 0 Å². The van der Waals surface area contributed by atoms with E-state index in [-0.39, 0.29) is 52.0 Å². The molecule has 272 valence electrons. The Morgan fingerprint density at radius 2 is 1.75 bits per heavy atom. The third kappa shape index (κ3) is 4.55. The van der Waals surface area contributed by atoms with Crippen molar-refractivity contribution in [1.29, 1.82) is 0 Å². The van der Waals surface area contributed by atoms with Gasteiger partial charge < -0.3 is 34.5 Å². The quantitative estimate of drug-likeness (QED) is 0.351. The predicted octanol–water partition coefficient (Wildman–Crippen LogP) is 4.52. The van der Waals surface area contributed by atoms with Crippen molar-refractivity contribution in [3.8, 4) is 0 Å². The third-order valence-electron chi connectivity index (χ3n) is 16.8. The summed E-state index contributed by atoms with van der Waals surface area (Å²) in [4.78, 5) is 14.7. The Bertz CT molecular complexity index is 1280. The fourth-order valence-corrected chi connectivity index (χ4v) is 14.4. The molecule has 3 heterocycles. The van der Waals surface area contributed by atoms with Crippen LogP contribution in [0.5, 0.6) is 0 Å². The first-order chi connectivity index (χ1) is 22.5. The van der Waals surface area contributed by atoms with Gasteiger partial charge in [0.2, 0.25) is 0 Å². The Morgan fingerprint density at radius 3 is 2.42 bits per heavy atom. The number of esters is 1. The van der Waals surface area contributed by atoms with Gasteiger partial charge in [-0.2, -0.15) is 0 Å². The SMILES string of the molecule is CC(=O)O[C@@H](C1C[C@@H](C)[C@H]2C(O1)[C@H](O)[C@@]1(C)C3CC[C@H]4C(C)(C)C(O[C@H]5CN(C6CNC6)CCO5)CC[C@@]45C[C@@]35CC[C@]21C)C(C)(C)O. The van der Waals surface area contributed by atoms with Crippen molar-refractivity contribution < 1.29 is 34.0 Å². The largest absolute Gasteiger partial charge is 0.457 e. The molecule has 4 unspecified atom stereocenters. The van der Waals surface area contributed by atoms with Crippen LogP contribution in [0.15, 0.2) is 0 Å². The minimum Gasteiger partial charge on any atom is -0.457 e. The topological polar surface area (TPSA) is 110 Å². The molecule has 5 saturated carbocycles. The lowest BCUT2D eigenvalue weighted by Crippen LogP contribution is -2.62. The second-order valence-corrected chi connectivity index (χ2v) is 19.5. The van der Waals surface area contributed by atoms with Crippen LogP contribution in [0.3, 0.4) is 0 Å². The van der Waals surface area contributed by atoms with Crippen molar-refractivity contribution in [3.05, 3.63) is 0 Å². The average molecular weight is 673 g/mol. The Morgan fingerprint density at radius 1 is 1.04 bits per heavy atom. The molecule has 9 heteroatoms. The number of aliphatic hydroxyl groups excluding tert-OH is 1. The number of rotatable bonds is 6. The molecular formula is C39H64N2O7. The summed E-state index contributed by atoms with van der Waals surface area (Å²) in [6.45, 7) is 21.7. The van der Waals surface area contributed by atoms with Crippen LogP contribution >= 0.6 is 0 Å². The van der Waals surface area contributed by atoms with E-state index in [0.717, 1.165) is 52.0 Å². The van der Waals surface area contributed by atoms with E-state index in [1.165, 1.54) is 32.6 Å². The minimum absolute atomic E-state index is 0.0460. The fourth-order valence-electron chi connectivity index (χ4n) is 14.4. The van der Waals surface area contributed by atoms with E-state index >= 15 is 0 Å². The van der Waals surface area contributed by atoms with E-state index in [1.54, 1.807) is 13.8 Å². The maximum Gasteiger partial charge on any atom is 0.303 e. The van der Waals surface area contributed by atoms with Crippen LogP contribution in [-0.2, 0) is 23.7 Å². The lowest BCUT2D eigenvalue weighted by Gasteiger charge is -2.64. The molecule has 2 spiro atoms. The van der Waals surface area contributed by atoms with Crippen molar-refractivity contribution in [2.24, 2.45) is 50.7 Å². The predicted molar refractivity (Wildman–Crippen MR) is 181 cm³/mol. The molecule has 0 radical (unpaired) electrons. The normalized spacial score (nSPS) is 52.1. The van der Waals surface area contributed by atoms with Gasteiger partial charge in [-0.15, -0.1) is 0 Å². The molecule has 9 nitrogen and oxygen atoms in total. The summed E-state index contributed by atoms with van der Waals surface area (Å²) >= 11 is 0. The van der Waals surface area contributed by atoms with Gasteiger partial charge in [0.05, 0.1) is 36.6 Å². The number of carbonyl (C=O) groups excluding carboxylic acids is 1. The molecule has 3 aliphatic heterocycles. The van der Waals surface area contributed by atoms with E-state index in [4.69, 9.17) is 18.9 Å². The summed E-state index contributed by atoms with van der Waals surface area (Å²) in [5, 5.41) is 27.0. The van der Waals surface area contributed by atoms with E-state index in [2.05, 4.69) is 44.8 Å². The minimum atomic E-state index is -1.25. The maximum absolute atomic E-state index is 12.6. The molecule has 0 aromatic rings. The highest BCUT2D eigenvalue weighted by atomic mass is 16.7. The Hall–Kier alpha value is -0.810. The van der Waals surface area contributed by atoms with Crippen molar-refractivity contribution in [3.63, 3.8) is 0 Å². The monoisotopic (exact) mass is 672 g/mol. The zero-order valence-electron chi connectivity index (χ0n) is 30.9. The van der Waals surface area contributed by atoms with Crippen molar-refractivity contribution >= 4 is 5.97 Å². The Balaban J connectivity index is 1.03. The first-order valence-electron chi connectivity index (χ1n) is 19.4. The van der Waals surface area contributed by atoms with Gasteiger partial charge in [-0.3, -0.25) is 9.69 Å². The van der Waals surface area contributed by atoms with Crippen LogP contribution in [-0.4, -0.2) is 102 Å². The lowest BCUT2D eigenvalue weighted by atomic mass is 9.41. The number of hydrogen-bond donors (Lipinski definition) is 3. The second kappa shape index (κ2) is 11.1. The Kier molecular flexibility index (Phi) is 7.93. The molecule has 0 bridgehead atoms. The number of aliphatic hydroxyl groups is 2. The lowest BCUT2D eigenvalue weighted by molar-refractivity contribution is -0.251. The third-order valence-corrected chi connectivity index (χ3v) is 16.8. The van der Waals surface area contributed by atoms with Gasteiger partial charge >= 0.3 is 5.97 Å². The van der Waals surface area contributed by atoms with E-state index < -0.39 is 29.9 Å². The molecule has 0 aromatic carbocycles. The smallest absolute Gasteiger partial charge is 0.303 e. The number of morpholine rings is 1. The molecule has 14 atom stereocenters. The molecule has 8 fully saturated rings. The van der Waals surface area contributed by atoms with Gasteiger partial charge in [0.1, 0.15) is 0 Å². The van der Waals surface area contributed by atoms with Crippen LogP contribution in [0.25, 0.3) is 0 Å². The first kappa shape index (κ1) is 34.3. The van der Waals surface area contributed by atoms with Gasteiger partial charge in [0.15, 0.2) is 12.4 Å². The van der Waals surface area contributed by atoms with Crippen LogP contribution in [0, 0.1) is 50.7 Å². The highest BCUT2D eigenvalue weighted by molar-refractivity contribution is 5.66. The number of carbonyl (C=O) groups is 1. The summed E-state index contributed by atoms with van der Waals surface area (Å²) in [6.07, 6.45) is 6.87. The summed E-state index contributed by atoms with van der Waals surface area (Å²) in [5.74, 6) is 1.15. The van der Waals surface area contributed by atoms with Gasteiger partial charge in [-0.05, 0) is 111 Å².